The van der Waals surface area contributed by atoms with Crippen LogP contribution in [-0.2, 0) is 10.0 Å². The monoisotopic (exact) mass is 298 g/mol. The maximum Gasteiger partial charge on any atom is 0.253 e. The standard InChI is InChI=1S/C13H18N2O4S/c1-20(18,19)14-11-6-4-10(5-7-11)13(17)15-8-2-3-12(16)9-15/h4-7,12,14,16H,2-3,8-9H2,1H3/t12-/m0/s1. The van der Waals surface area contributed by atoms with E-state index in [1.165, 1.54) is 0 Å². The lowest BCUT2D eigenvalue weighted by Gasteiger charge is -2.30. The lowest BCUT2D eigenvalue weighted by atomic mass is 10.1. The van der Waals surface area contributed by atoms with Gasteiger partial charge >= 0.3 is 0 Å². The molecule has 1 atom stereocenters. The predicted molar refractivity (Wildman–Crippen MR) is 76.1 cm³/mol. The van der Waals surface area contributed by atoms with Crippen molar-refractivity contribution in [1.82, 2.24) is 4.90 Å². The van der Waals surface area contributed by atoms with Crippen LogP contribution < -0.4 is 4.72 Å². The van der Waals surface area contributed by atoms with E-state index in [-0.39, 0.29) is 5.91 Å². The molecule has 0 bridgehead atoms. The van der Waals surface area contributed by atoms with Gasteiger partial charge in [0, 0.05) is 24.3 Å². The third kappa shape index (κ3) is 3.94. The highest BCUT2D eigenvalue weighted by atomic mass is 32.2. The summed E-state index contributed by atoms with van der Waals surface area (Å²) in [6, 6.07) is 6.26. The molecule has 0 saturated carbocycles. The molecule has 1 aliphatic heterocycles. The Kier molecular flexibility index (Phi) is 4.29. The van der Waals surface area contributed by atoms with Gasteiger partial charge < -0.3 is 10.0 Å². The minimum absolute atomic E-state index is 0.144. The topological polar surface area (TPSA) is 86.7 Å². The van der Waals surface area contributed by atoms with E-state index in [2.05, 4.69) is 4.72 Å². The van der Waals surface area contributed by atoms with Gasteiger partial charge in [-0.1, -0.05) is 0 Å². The molecular formula is C13H18N2O4S. The highest BCUT2D eigenvalue weighted by molar-refractivity contribution is 7.92. The average Bonchev–Trinajstić information content (AvgIpc) is 2.37. The van der Waals surface area contributed by atoms with Crippen LogP contribution in [0.1, 0.15) is 23.2 Å². The number of hydrogen-bond acceptors (Lipinski definition) is 4. The molecule has 1 fully saturated rings. The molecule has 6 nitrogen and oxygen atoms in total. The number of benzene rings is 1. The van der Waals surface area contributed by atoms with Gasteiger partial charge in [0.15, 0.2) is 0 Å². The molecule has 20 heavy (non-hydrogen) atoms. The molecule has 1 amide bonds. The first-order valence-electron chi connectivity index (χ1n) is 6.40. The van der Waals surface area contributed by atoms with Crippen LogP contribution in [0.2, 0.25) is 0 Å². The fourth-order valence-corrected chi connectivity index (χ4v) is 2.78. The van der Waals surface area contributed by atoms with Crippen LogP contribution in [-0.4, -0.2) is 49.8 Å². The van der Waals surface area contributed by atoms with Crippen molar-refractivity contribution < 1.29 is 18.3 Å². The molecule has 0 aromatic heterocycles. The van der Waals surface area contributed by atoms with Gasteiger partial charge in [-0.15, -0.1) is 0 Å². The summed E-state index contributed by atoms with van der Waals surface area (Å²) >= 11 is 0. The number of nitrogens with one attached hydrogen (secondary N) is 1. The SMILES string of the molecule is CS(=O)(=O)Nc1ccc(C(=O)N2CCC[C@H](O)C2)cc1. The first kappa shape index (κ1) is 14.8. The number of aliphatic hydroxyl groups is 1. The van der Waals surface area contributed by atoms with E-state index in [0.717, 1.165) is 19.1 Å². The minimum atomic E-state index is -3.32. The van der Waals surface area contributed by atoms with Gasteiger partial charge in [0.25, 0.3) is 5.91 Å². The van der Waals surface area contributed by atoms with Gasteiger partial charge in [-0.3, -0.25) is 9.52 Å². The van der Waals surface area contributed by atoms with Gasteiger partial charge in [0.2, 0.25) is 10.0 Å². The second-order valence-electron chi connectivity index (χ2n) is 5.00. The Bertz CT molecular complexity index is 583. The Labute approximate surface area is 118 Å². The van der Waals surface area contributed by atoms with Crippen molar-refractivity contribution in [3.05, 3.63) is 29.8 Å². The molecule has 2 rings (SSSR count). The molecule has 2 N–H and O–H groups in total. The van der Waals surface area contributed by atoms with E-state index in [0.29, 0.717) is 24.3 Å². The molecule has 1 saturated heterocycles. The van der Waals surface area contributed by atoms with Crippen molar-refractivity contribution in [3.63, 3.8) is 0 Å². The van der Waals surface area contributed by atoms with Crippen molar-refractivity contribution in [1.29, 1.82) is 0 Å². The second kappa shape index (κ2) is 5.80. The van der Waals surface area contributed by atoms with Crippen LogP contribution in [0.5, 0.6) is 0 Å². The predicted octanol–water partition coefficient (Wildman–Crippen LogP) is 0.655. The maximum atomic E-state index is 12.2. The number of aliphatic hydroxyl groups excluding tert-OH is 1. The van der Waals surface area contributed by atoms with Crippen molar-refractivity contribution in [3.8, 4) is 0 Å². The molecule has 7 heteroatoms. The summed E-state index contributed by atoms with van der Waals surface area (Å²) in [6.07, 6.45) is 2.13. The van der Waals surface area contributed by atoms with Gasteiger partial charge in [-0.05, 0) is 37.1 Å². The van der Waals surface area contributed by atoms with Crippen molar-refractivity contribution in [2.75, 3.05) is 24.1 Å². The van der Waals surface area contributed by atoms with Gasteiger partial charge in [-0.2, -0.15) is 0 Å². The van der Waals surface area contributed by atoms with Crippen LogP contribution in [0.25, 0.3) is 0 Å². The summed E-state index contributed by atoms with van der Waals surface area (Å²) in [7, 11) is -3.32. The number of nitrogens with zero attached hydrogens (tertiary/aromatic N) is 1. The lowest BCUT2D eigenvalue weighted by Crippen LogP contribution is -2.42. The van der Waals surface area contributed by atoms with Gasteiger partial charge in [-0.25, -0.2) is 8.42 Å². The number of anilines is 1. The molecule has 0 spiro atoms. The summed E-state index contributed by atoms with van der Waals surface area (Å²) in [5.41, 5.74) is 0.904. The summed E-state index contributed by atoms with van der Waals surface area (Å²) < 4.78 is 24.5. The Morgan fingerprint density at radius 1 is 1.35 bits per heavy atom. The molecule has 0 radical (unpaired) electrons. The number of amides is 1. The quantitative estimate of drug-likeness (QED) is 0.858. The number of rotatable bonds is 3. The zero-order chi connectivity index (χ0) is 14.8. The summed E-state index contributed by atoms with van der Waals surface area (Å²) in [6.45, 7) is 0.988. The van der Waals surface area contributed by atoms with E-state index in [9.17, 15) is 18.3 Å². The van der Waals surface area contributed by atoms with E-state index in [1.807, 2.05) is 0 Å². The number of carbonyl (C=O) groups is 1. The zero-order valence-corrected chi connectivity index (χ0v) is 12.1. The van der Waals surface area contributed by atoms with Crippen molar-refractivity contribution in [2.24, 2.45) is 0 Å². The molecule has 1 aromatic carbocycles. The van der Waals surface area contributed by atoms with Crippen LogP contribution in [0.15, 0.2) is 24.3 Å². The van der Waals surface area contributed by atoms with Gasteiger partial charge in [0.05, 0.1) is 12.4 Å². The molecule has 1 heterocycles. The lowest BCUT2D eigenvalue weighted by molar-refractivity contribution is 0.0474. The molecule has 1 aliphatic rings. The maximum absolute atomic E-state index is 12.2. The highest BCUT2D eigenvalue weighted by Crippen LogP contribution is 2.16. The van der Waals surface area contributed by atoms with Crippen LogP contribution in [0.3, 0.4) is 0 Å². The summed E-state index contributed by atoms with van der Waals surface area (Å²) in [5, 5.41) is 9.58. The van der Waals surface area contributed by atoms with E-state index in [1.54, 1.807) is 29.2 Å². The molecular weight excluding hydrogens is 280 g/mol. The fourth-order valence-electron chi connectivity index (χ4n) is 2.22. The fraction of sp³-hybridized carbons (Fsp3) is 0.462. The summed E-state index contributed by atoms with van der Waals surface area (Å²) in [4.78, 5) is 13.8. The smallest absolute Gasteiger partial charge is 0.253 e. The number of likely N-dealkylation sites (tertiary alicyclic amines) is 1. The third-order valence-electron chi connectivity index (χ3n) is 3.12. The normalized spacial score (nSPS) is 19.7. The number of β-amino-alcohol motifs (C(OH)–C–C–N with tert-alkyl or cyclic N) is 1. The molecule has 1 aromatic rings. The number of piperidine rings is 1. The number of carbonyl (C=O) groups excluding carboxylic acids is 1. The number of sulfonamides is 1. The minimum Gasteiger partial charge on any atom is -0.391 e. The Balaban J connectivity index is 2.07. The second-order valence-corrected chi connectivity index (χ2v) is 6.75. The van der Waals surface area contributed by atoms with Crippen LogP contribution >= 0.6 is 0 Å². The van der Waals surface area contributed by atoms with Crippen molar-refractivity contribution >= 4 is 21.6 Å². The first-order chi connectivity index (χ1) is 9.35. The average molecular weight is 298 g/mol. The van der Waals surface area contributed by atoms with E-state index >= 15 is 0 Å². The Morgan fingerprint density at radius 2 is 2.00 bits per heavy atom. The van der Waals surface area contributed by atoms with Crippen molar-refractivity contribution in [2.45, 2.75) is 18.9 Å². The first-order valence-corrected chi connectivity index (χ1v) is 8.29. The summed E-state index contributed by atoms with van der Waals surface area (Å²) in [5.74, 6) is -0.144. The molecule has 110 valence electrons. The molecule has 0 unspecified atom stereocenters. The Hall–Kier alpha value is -1.60. The highest BCUT2D eigenvalue weighted by Gasteiger charge is 2.22. The zero-order valence-electron chi connectivity index (χ0n) is 11.2. The van der Waals surface area contributed by atoms with Crippen LogP contribution in [0.4, 0.5) is 5.69 Å². The van der Waals surface area contributed by atoms with E-state index in [4.69, 9.17) is 0 Å². The Morgan fingerprint density at radius 3 is 2.55 bits per heavy atom. The largest absolute Gasteiger partial charge is 0.391 e. The van der Waals surface area contributed by atoms with Crippen LogP contribution in [0, 0.1) is 0 Å². The number of hydrogen-bond donors (Lipinski definition) is 2. The van der Waals surface area contributed by atoms with Gasteiger partial charge in [0.1, 0.15) is 0 Å². The molecule has 0 aliphatic carbocycles. The van der Waals surface area contributed by atoms with E-state index < -0.39 is 16.1 Å². The third-order valence-corrected chi connectivity index (χ3v) is 3.73.